The van der Waals surface area contributed by atoms with Gasteiger partial charge in [-0.3, -0.25) is 19.3 Å². The highest BCUT2D eigenvalue weighted by Gasteiger charge is 2.32. The number of rotatable bonds is 6. The van der Waals surface area contributed by atoms with Crippen molar-refractivity contribution < 1.29 is 9.59 Å². The van der Waals surface area contributed by atoms with Crippen LogP contribution in [0.15, 0.2) is 61.1 Å². The summed E-state index contributed by atoms with van der Waals surface area (Å²) in [6.45, 7) is 4.26. The second-order valence-electron chi connectivity index (χ2n) is 8.29. The van der Waals surface area contributed by atoms with Gasteiger partial charge in [0.25, 0.3) is 5.91 Å². The Labute approximate surface area is 188 Å². The van der Waals surface area contributed by atoms with Gasteiger partial charge in [0.1, 0.15) is 5.69 Å². The molecule has 0 saturated carbocycles. The number of hydrogen-bond acceptors (Lipinski definition) is 4. The summed E-state index contributed by atoms with van der Waals surface area (Å²) in [5.41, 5.74) is 3.66. The Bertz CT molecular complexity index is 1060. The van der Waals surface area contributed by atoms with Crippen molar-refractivity contribution in [2.45, 2.75) is 19.8 Å². The summed E-state index contributed by atoms with van der Waals surface area (Å²) in [4.78, 5) is 34.2. The molecule has 1 fully saturated rings. The lowest BCUT2D eigenvalue weighted by Crippen LogP contribution is -2.38. The van der Waals surface area contributed by atoms with E-state index in [1.807, 2.05) is 23.2 Å². The van der Waals surface area contributed by atoms with E-state index in [-0.39, 0.29) is 17.7 Å². The molecule has 3 heterocycles. The maximum Gasteiger partial charge on any atom is 0.274 e. The van der Waals surface area contributed by atoms with Crippen molar-refractivity contribution in [2.24, 2.45) is 13.0 Å². The normalized spacial score (nSPS) is 16.8. The molecule has 7 nitrogen and oxygen atoms in total. The summed E-state index contributed by atoms with van der Waals surface area (Å²) >= 11 is 0. The van der Waals surface area contributed by atoms with Crippen molar-refractivity contribution in [3.63, 3.8) is 0 Å². The van der Waals surface area contributed by atoms with Crippen molar-refractivity contribution >= 4 is 11.8 Å². The number of carbonyl (C=O) groups excluding carboxylic acids is 2. The third-order valence-corrected chi connectivity index (χ3v) is 5.89. The maximum atomic E-state index is 13.3. The lowest BCUT2D eigenvalue weighted by Gasteiger charge is -2.23. The molecule has 4 rings (SSSR count). The summed E-state index contributed by atoms with van der Waals surface area (Å²) in [7, 11) is 1.80. The van der Waals surface area contributed by atoms with Crippen LogP contribution in [0.2, 0.25) is 0 Å². The van der Waals surface area contributed by atoms with Crippen LogP contribution in [0.1, 0.15) is 29.4 Å². The molecular weight excluding hydrogens is 402 g/mol. The Hall–Kier alpha value is -3.48. The largest absolute Gasteiger partial charge is 0.341 e. The molecule has 166 valence electrons. The van der Waals surface area contributed by atoms with Gasteiger partial charge in [-0.25, -0.2) is 0 Å². The van der Waals surface area contributed by atoms with Gasteiger partial charge in [-0.1, -0.05) is 37.3 Å². The Morgan fingerprint density at radius 2 is 1.91 bits per heavy atom. The molecule has 7 heteroatoms. The third-order valence-electron chi connectivity index (χ3n) is 5.89. The monoisotopic (exact) mass is 431 g/mol. The molecule has 2 amide bonds. The van der Waals surface area contributed by atoms with Gasteiger partial charge in [-0.05, 0) is 41.7 Å². The average Bonchev–Trinajstić information content (AvgIpc) is 3.20. The SMILES string of the molecule is CCCN1CCN(C(=O)c2ccn(C)n2)C[C@H](Cc2ccc(-c3cccnc3)cc2)C1=O. The number of amides is 2. The van der Waals surface area contributed by atoms with E-state index in [2.05, 4.69) is 41.3 Å². The smallest absolute Gasteiger partial charge is 0.274 e. The lowest BCUT2D eigenvalue weighted by molar-refractivity contribution is -0.134. The molecule has 1 saturated heterocycles. The van der Waals surface area contributed by atoms with Crippen LogP contribution in [0.5, 0.6) is 0 Å². The van der Waals surface area contributed by atoms with Crippen molar-refractivity contribution in [1.82, 2.24) is 24.6 Å². The van der Waals surface area contributed by atoms with Crippen LogP contribution in [0.4, 0.5) is 0 Å². The average molecular weight is 432 g/mol. The van der Waals surface area contributed by atoms with Gasteiger partial charge >= 0.3 is 0 Å². The van der Waals surface area contributed by atoms with Crippen molar-refractivity contribution in [3.8, 4) is 11.1 Å². The van der Waals surface area contributed by atoms with E-state index in [1.165, 1.54) is 0 Å². The number of aryl methyl sites for hydroxylation is 1. The zero-order chi connectivity index (χ0) is 22.5. The molecule has 1 aromatic carbocycles. The number of nitrogens with zero attached hydrogens (tertiary/aromatic N) is 5. The van der Waals surface area contributed by atoms with Crippen LogP contribution >= 0.6 is 0 Å². The molecule has 0 bridgehead atoms. The molecule has 1 atom stereocenters. The highest BCUT2D eigenvalue weighted by atomic mass is 16.2. The summed E-state index contributed by atoms with van der Waals surface area (Å²) in [5.74, 6) is -0.269. The quantitative estimate of drug-likeness (QED) is 0.602. The molecular formula is C25H29N5O2. The maximum absolute atomic E-state index is 13.3. The summed E-state index contributed by atoms with van der Waals surface area (Å²) in [6, 6.07) is 13.9. The minimum absolute atomic E-state index is 0.117. The first-order valence-corrected chi connectivity index (χ1v) is 11.1. The molecule has 2 aromatic heterocycles. The van der Waals surface area contributed by atoms with E-state index in [1.54, 1.807) is 35.1 Å². The molecule has 1 aliphatic heterocycles. The van der Waals surface area contributed by atoms with E-state index >= 15 is 0 Å². The van der Waals surface area contributed by atoms with Crippen LogP contribution < -0.4 is 0 Å². The second kappa shape index (κ2) is 9.77. The van der Waals surface area contributed by atoms with E-state index in [4.69, 9.17) is 0 Å². The molecule has 0 radical (unpaired) electrons. The minimum atomic E-state index is -0.277. The van der Waals surface area contributed by atoms with Crippen molar-refractivity contribution in [2.75, 3.05) is 26.2 Å². The zero-order valence-corrected chi connectivity index (χ0v) is 18.6. The molecule has 3 aromatic rings. The van der Waals surface area contributed by atoms with Gasteiger partial charge < -0.3 is 9.80 Å². The molecule has 0 N–H and O–H groups in total. The van der Waals surface area contributed by atoms with Gasteiger partial charge in [0, 0.05) is 51.8 Å². The first kappa shape index (κ1) is 21.7. The van der Waals surface area contributed by atoms with Crippen molar-refractivity contribution in [3.05, 3.63) is 72.3 Å². The standard InChI is InChI=1S/C25H29N5O2/c1-3-12-29-14-15-30(25(32)23-10-13-28(2)27-23)18-22(24(29)31)16-19-6-8-20(9-7-19)21-5-4-11-26-17-21/h4-11,13,17,22H,3,12,14-16,18H2,1-2H3/t22-/m0/s1. The predicted octanol–water partition coefficient (Wildman–Crippen LogP) is 3.04. The van der Waals surface area contributed by atoms with Crippen LogP contribution in [-0.2, 0) is 18.3 Å². The number of pyridine rings is 1. The van der Waals surface area contributed by atoms with Gasteiger partial charge in [0.05, 0.1) is 5.92 Å². The number of aromatic nitrogens is 3. The summed E-state index contributed by atoms with van der Waals surface area (Å²) < 4.78 is 1.63. The molecule has 1 aliphatic rings. The molecule has 0 spiro atoms. The van der Waals surface area contributed by atoms with Gasteiger partial charge in [0.2, 0.25) is 5.91 Å². The van der Waals surface area contributed by atoms with Crippen LogP contribution in [0.3, 0.4) is 0 Å². The highest BCUT2D eigenvalue weighted by Crippen LogP contribution is 2.22. The van der Waals surface area contributed by atoms with Gasteiger partial charge in [-0.2, -0.15) is 5.10 Å². The van der Waals surface area contributed by atoms with Crippen LogP contribution in [0.25, 0.3) is 11.1 Å². The van der Waals surface area contributed by atoms with Gasteiger partial charge in [-0.15, -0.1) is 0 Å². The Kier molecular flexibility index (Phi) is 6.63. The number of carbonyl (C=O) groups is 2. The minimum Gasteiger partial charge on any atom is -0.341 e. The molecule has 0 unspecified atom stereocenters. The number of benzene rings is 1. The fourth-order valence-electron chi connectivity index (χ4n) is 4.22. The topological polar surface area (TPSA) is 71.3 Å². The second-order valence-corrected chi connectivity index (χ2v) is 8.29. The highest BCUT2D eigenvalue weighted by molar-refractivity contribution is 5.93. The fraction of sp³-hybridized carbons (Fsp3) is 0.360. The van der Waals surface area contributed by atoms with E-state index in [0.717, 1.165) is 23.1 Å². The van der Waals surface area contributed by atoms with Crippen LogP contribution in [-0.4, -0.2) is 62.6 Å². The van der Waals surface area contributed by atoms with Gasteiger partial charge in [0.15, 0.2) is 0 Å². The van der Waals surface area contributed by atoms with Crippen molar-refractivity contribution in [1.29, 1.82) is 0 Å². The summed E-state index contributed by atoms with van der Waals surface area (Å²) in [6.07, 6.45) is 6.86. The Morgan fingerprint density at radius 3 is 2.56 bits per heavy atom. The van der Waals surface area contributed by atoms with E-state index in [0.29, 0.717) is 38.3 Å². The first-order chi connectivity index (χ1) is 15.5. The predicted molar refractivity (Wildman–Crippen MR) is 123 cm³/mol. The van der Waals surface area contributed by atoms with Crippen LogP contribution in [0, 0.1) is 5.92 Å². The van der Waals surface area contributed by atoms with E-state index < -0.39 is 0 Å². The molecule has 0 aliphatic carbocycles. The zero-order valence-electron chi connectivity index (χ0n) is 18.6. The lowest BCUT2D eigenvalue weighted by atomic mass is 9.96. The first-order valence-electron chi connectivity index (χ1n) is 11.1. The third kappa shape index (κ3) is 4.88. The fourth-order valence-corrected chi connectivity index (χ4v) is 4.22. The Balaban J connectivity index is 1.53. The molecule has 32 heavy (non-hydrogen) atoms. The summed E-state index contributed by atoms with van der Waals surface area (Å²) in [5, 5.41) is 4.26. The van der Waals surface area contributed by atoms with E-state index in [9.17, 15) is 9.59 Å². The Morgan fingerprint density at radius 1 is 1.09 bits per heavy atom. The number of hydrogen-bond donors (Lipinski definition) is 0.